The number of rotatable bonds is 4. The molecule has 3 unspecified atom stereocenters. The van der Waals surface area contributed by atoms with Crippen molar-refractivity contribution in [2.24, 2.45) is 5.92 Å². The fraction of sp³-hybridized carbons (Fsp3) is 0.500. The normalized spacial score (nSPS) is 24.1. The zero-order chi connectivity index (χ0) is 14.7. The van der Waals surface area contributed by atoms with Gasteiger partial charge in [-0.25, -0.2) is 0 Å². The standard InChI is InChI=1S/C14H18N2O4/c1-9-7-20-8-13(15-9)10(2)14(17)11-4-3-5-12(6-11)16(18)19/h3-6,9-10,13,15H,7-8H2,1-2H3. The van der Waals surface area contributed by atoms with Crippen LogP contribution in [0.2, 0.25) is 0 Å². The Balaban J connectivity index is 2.13. The van der Waals surface area contributed by atoms with Crippen molar-refractivity contribution >= 4 is 11.5 Å². The molecule has 1 aliphatic rings. The van der Waals surface area contributed by atoms with Gasteiger partial charge in [0, 0.05) is 35.7 Å². The number of nitro benzene ring substituents is 1. The summed E-state index contributed by atoms with van der Waals surface area (Å²) in [5.74, 6) is -0.399. The lowest BCUT2D eigenvalue weighted by atomic mass is 9.91. The lowest BCUT2D eigenvalue weighted by molar-refractivity contribution is -0.384. The van der Waals surface area contributed by atoms with Gasteiger partial charge in [0.15, 0.2) is 5.78 Å². The highest BCUT2D eigenvalue weighted by Gasteiger charge is 2.29. The van der Waals surface area contributed by atoms with E-state index in [-0.39, 0.29) is 29.5 Å². The van der Waals surface area contributed by atoms with Crippen LogP contribution in [0.25, 0.3) is 0 Å². The van der Waals surface area contributed by atoms with Crippen molar-refractivity contribution in [1.29, 1.82) is 0 Å². The Bertz CT molecular complexity index is 518. The number of ether oxygens (including phenoxy) is 1. The Hall–Kier alpha value is -1.79. The highest BCUT2D eigenvalue weighted by atomic mass is 16.6. The van der Waals surface area contributed by atoms with Crippen molar-refractivity contribution < 1.29 is 14.5 Å². The third-order valence-corrected chi connectivity index (χ3v) is 3.52. The van der Waals surface area contributed by atoms with Crippen molar-refractivity contribution in [2.45, 2.75) is 25.9 Å². The number of hydrogen-bond acceptors (Lipinski definition) is 5. The number of morpholine rings is 1. The van der Waals surface area contributed by atoms with Gasteiger partial charge in [0.25, 0.3) is 5.69 Å². The first-order chi connectivity index (χ1) is 9.49. The van der Waals surface area contributed by atoms with E-state index in [0.29, 0.717) is 18.8 Å². The molecule has 0 radical (unpaired) electrons. The van der Waals surface area contributed by atoms with Crippen LogP contribution in [0.4, 0.5) is 5.69 Å². The van der Waals surface area contributed by atoms with Gasteiger partial charge in [-0.15, -0.1) is 0 Å². The van der Waals surface area contributed by atoms with Gasteiger partial charge in [0.1, 0.15) is 0 Å². The summed E-state index contributed by atoms with van der Waals surface area (Å²) in [6.45, 7) is 4.93. The second kappa shape index (κ2) is 6.11. The van der Waals surface area contributed by atoms with E-state index in [1.165, 1.54) is 18.2 Å². The lowest BCUT2D eigenvalue weighted by Crippen LogP contribution is -2.52. The van der Waals surface area contributed by atoms with Gasteiger partial charge in [-0.1, -0.05) is 19.1 Å². The molecule has 3 atom stereocenters. The minimum atomic E-state index is -0.495. The molecule has 108 valence electrons. The van der Waals surface area contributed by atoms with E-state index in [1.807, 2.05) is 13.8 Å². The molecule has 0 saturated carbocycles. The maximum absolute atomic E-state index is 12.4. The predicted molar refractivity (Wildman–Crippen MR) is 73.8 cm³/mol. The van der Waals surface area contributed by atoms with Gasteiger partial charge in [-0.2, -0.15) is 0 Å². The number of hydrogen-bond donors (Lipinski definition) is 1. The molecule has 0 spiro atoms. The predicted octanol–water partition coefficient (Wildman–Crippen LogP) is 1.79. The van der Waals surface area contributed by atoms with Crippen LogP contribution in [-0.4, -0.2) is 36.0 Å². The monoisotopic (exact) mass is 278 g/mol. The second-order valence-electron chi connectivity index (χ2n) is 5.17. The topological polar surface area (TPSA) is 81.5 Å². The van der Waals surface area contributed by atoms with Crippen LogP contribution in [0.1, 0.15) is 24.2 Å². The molecule has 1 heterocycles. The minimum Gasteiger partial charge on any atom is -0.378 e. The maximum atomic E-state index is 12.4. The molecule has 20 heavy (non-hydrogen) atoms. The summed E-state index contributed by atoms with van der Waals surface area (Å²) in [7, 11) is 0. The Morgan fingerprint density at radius 3 is 2.90 bits per heavy atom. The molecule has 0 bridgehead atoms. The fourth-order valence-corrected chi connectivity index (χ4v) is 2.34. The molecule has 6 nitrogen and oxygen atoms in total. The lowest BCUT2D eigenvalue weighted by Gasteiger charge is -2.32. The van der Waals surface area contributed by atoms with E-state index in [0.717, 1.165) is 0 Å². The SMILES string of the molecule is CC1COCC(C(C)C(=O)c2cccc([N+](=O)[O-])c2)N1. The third kappa shape index (κ3) is 3.20. The van der Waals surface area contributed by atoms with Gasteiger partial charge in [0.2, 0.25) is 0 Å². The Kier molecular flexibility index (Phi) is 4.46. The molecule has 6 heteroatoms. The zero-order valence-corrected chi connectivity index (χ0v) is 11.5. The van der Waals surface area contributed by atoms with Crippen LogP contribution in [0.3, 0.4) is 0 Å². The first-order valence-electron chi connectivity index (χ1n) is 6.61. The van der Waals surface area contributed by atoms with Crippen LogP contribution in [0.5, 0.6) is 0 Å². The molecule has 0 aliphatic carbocycles. The molecule has 1 N–H and O–H groups in total. The summed E-state index contributed by atoms with van der Waals surface area (Å²) < 4.78 is 5.44. The first kappa shape index (κ1) is 14.6. The number of benzene rings is 1. The van der Waals surface area contributed by atoms with E-state index in [9.17, 15) is 14.9 Å². The number of ketones is 1. The van der Waals surface area contributed by atoms with Crippen LogP contribution in [0.15, 0.2) is 24.3 Å². The van der Waals surface area contributed by atoms with Crippen molar-refractivity contribution in [3.05, 3.63) is 39.9 Å². The summed E-state index contributed by atoms with van der Waals surface area (Å²) in [6.07, 6.45) is 0. The second-order valence-corrected chi connectivity index (χ2v) is 5.17. The quantitative estimate of drug-likeness (QED) is 0.516. The average Bonchev–Trinajstić information content (AvgIpc) is 2.45. The van der Waals surface area contributed by atoms with Gasteiger partial charge in [0.05, 0.1) is 18.1 Å². The van der Waals surface area contributed by atoms with Crippen molar-refractivity contribution in [2.75, 3.05) is 13.2 Å². The smallest absolute Gasteiger partial charge is 0.270 e. The van der Waals surface area contributed by atoms with Crippen LogP contribution < -0.4 is 5.32 Å². The number of nitro groups is 1. The Labute approximate surface area is 117 Å². The molecule has 1 aromatic rings. The highest BCUT2D eigenvalue weighted by Crippen LogP contribution is 2.19. The molecule has 1 saturated heterocycles. The Morgan fingerprint density at radius 2 is 2.25 bits per heavy atom. The van der Waals surface area contributed by atoms with Crippen molar-refractivity contribution in [1.82, 2.24) is 5.32 Å². The summed E-state index contributed by atoms with van der Waals surface area (Å²) in [4.78, 5) is 22.7. The summed E-state index contributed by atoms with van der Waals surface area (Å²) in [5.41, 5.74) is 0.302. The summed E-state index contributed by atoms with van der Waals surface area (Å²) >= 11 is 0. The van der Waals surface area contributed by atoms with Gasteiger partial charge in [-0.05, 0) is 6.92 Å². The van der Waals surface area contributed by atoms with Gasteiger partial charge in [-0.3, -0.25) is 14.9 Å². The highest BCUT2D eigenvalue weighted by molar-refractivity contribution is 5.98. The Morgan fingerprint density at radius 1 is 1.50 bits per heavy atom. The van der Waals surface area contributed by atoms with Gasteiger partial charge >= 0.3 is 0 Å². The molecule has 2 rings (SSSR count). The largest absolute Gasteiger partial charge is 0.378 e. The molecule has 0 aromatic heterocycles. The number of non-ortho nitro benzene ring substituents is 1. The van der Waals surface area contributed by atoms with E-state index >= 15 is 0 Å². The van der Waals surface area contributed by atoms with E-state index < -0.39 is 4.92 Å². The molecule has 1 fully saturated rings. The number of Topliss-reactive ketones (excluding diaryl/α,β-unsaturated/α-hetero) is 1. The number of nitrogens with one attached hydrogen (secondary N) is 1. The number of nitrogens with zero attached hydrogens (tertiary/aromatic N) is 1. The molecule has 0 amide bonds. The van der Waals surface area contributed by atoms with Crippen LogP contribution >= 0.6 is 0 Å². The van der Waals surface area contributed by atoms with Crippen molar-refractivity contribution in [3.8, 4) is 0 Å². The third-order valence-electron chi connectivity index (χ3n) is 3.52. The maximum Gasteiger partial charge on any atom is 0.270 e. The van der Waals surface area contributed by atoms with Crippen LogP contribution in [0, 0.1) is 16.0 Å². The summed E-state index contributed by atoms with van der Waals surface area (Å²) in [5, 5.41) is 14.1. The average molecular weight is 278 g/mol. The molecular formula is C14H18N2O4. The summed E-state index contributed by atoms with van der Waals surface area (Å²) in [6, 6.07) is 5.99. The fourth-order valence-electron chi connectivity index (χ4n) is 2.34. The van der Waals surface area contributed by atoms with Crippen molar-refractivity contribution in [3.63, 3.8) is 0 Å². The van der Waals surface area contributed by atoms with Crippen LogP contribution in [-0.2, 0) is 4.74 Å². The van der Waals surface area contributed by atoms with Gasteiger partial charge < -0.3 is 10.1 Å². The van der Waals surface area contributed by atoms with E-state index in [2.05, 4.69) is 5.32 Å². The minimum absolute atomic E-state index is 0.0643. The molecule has 1 aliphatic heterocycles. The molecular weight excluding hydrogens is 260 g/mol. The molecule has 1 aromatic carbocycles. The zero-order valence-electron chi connectivity index (χ0n) is 11.5. The first-order valence-corrected chi connectivity index (χ1v) is 6.61. The van der Waals surface area contributed by atoms with E-state index in [1.54, 1.807) is 6.07 Å². The number of carbonyl (C=O) groups is 1. The number of carbonyl (C=O) groups excluding carboxylic acids is 1. The van der Waals surface area contributed by atoms with E-state index in [4.69, 9.17) is 4.74 Å².